The molecule has 1 aliphatic rings. The average Bonchev–Trinajstić information content (AvgIpc) is 3.19. The second-order valence-electron chi connectivity index (χ2n) is 6.32. The largest absolute Gasteiger partial charge is 0.365 e. The highest BCUT2D eigenvalue weighted by Crippen LogP contribution is 2.38. The van der Waals surface area contributed by atoms with E-state index in [0.29, 0.717) is 20.7 Å². The number of benzene rings is 1. The van der Waals surface area contributed by atoms with Crippen LogP contribution in [0.3, 0.4) is 0 Å². The Morgan fingerprint density at radius 3 is 2.96 bits per heavy atom. The number of H-pyrrole nitrogens is 1. The molecule has 0 bridgehead atoms. The Kier molecular flexibility index (Phi) is 5.12. The Morgan fingerprint density at radius 1 is 1.33 bits per heavy atom. The fraction of sp³-hybridized carbons (Fsp3) is 0.278. The summed E-state index contributed by atoms with van der Waals surface area (Å²) in [5.41, 5.74) is 8.67. The first-order valence-electron chi connectivity index (χ1n) is 8.53. The van der Waals surface area contributed by atoms with E-state index in [0.717, 1.165) is 47.2 Å². The highest BCUT2D eigenvalue weighted by molar-refractivity contribution is 7.99. The number of hydrogen-bond acceptors (Lipinski definition) is 5. The Bertz CT molecular complexity index is 1040. The van der Waals surface area contributed by atoms with Gasteiger partial charge in [-0.15, -0.1) is 11.3 Å². The summed E-state index contributed by atoms with van der Waals surface area (Å²) in [7, 11) is 0. The van der Waals surface area contributed by atoms with Gasteiger partial charge in [0, 0.05) is 9.90 Å². The standard InChI is InChI=1S/C18H17ClN4O2S2/c19-9-5-6-11-12(7-9)22-18(21-11)26-8-14(24)23-17-15(16(20)25)10-3-1-2-4-13(10)27-17/h5-7H,1-4,8H2,(H2,20,25)(H,21,22)(H,23,24). The van der Waals surface area contributed by atoms with E-state index in [2.05, 4.69) is 15.3 Å². The SMILES string of the molecule is NC(=O)c1c(NC(=O)CSc2nc3ccc(Cl)cc3[nH]2)sc2c1CCCC2. The number of aromatic amines is 1. The first-order chi connectivity index (χ1) is 13.0. The van der Waals surface area contributed by atoms with Gasteiger partial charge in [0.2, 0.25) is 5.91 Å². The van der Waals surface area contributed by atoms with Crippen molar-refractivity contribution in [2.45, 2.75) is 30.8 Å². The monoisotopic (exact) mass is 420 g/mol. The molecule has 0 aliphatic heterocycles. The number of primary amides is 1. The lowest BCUT2D eigenvalue weighted by Crippen LogP contribution is -2.19. The number of carbonyl (C=O) groups excluding carboxylic acids is 2. The maximum atomic E-state index is 12.4. The van der Waals surface area contributed by atoms with Gasteiger partial charge in [0.25, 0.3) is 5.91 Å². The minimum atomic E-state index is -0.480. The molecule has 0 unspecified atom stereocenters. The smallest absolute Gasteiger partial charge is 0.251 e. The molecule has 9 heteroatoms. The van der Waals surface area contributed by atoms with Crippen molar-refractivity contribution < 1.29 is 9.59 Å². The topological polar surface area (TPSA) is 101 Å². The van der Waals surface area contributed by atoms with Crippen LogP contribution in [0.5, 0.6) is 0 Å². The van der Waals surface area contributed by atoms with Crippen LogP contribution in [0.2, 0.25) is 5.02 Å². The number of nitrogens with two attached hydrogens (primary N) is 1. The Morgan fingerprint density at radius 2 is 2.15 bits per heavy atom. The van der Waals surface area contributed by atoms with Crippen LogP contribution in [-0.4, -0.2) is 27.5 Å². The lowest BCUT2D eigenvalue weighted by Gasteiger charge is -2.11. The highest BCUT2D eigenvalue weighted by Gasteiger charge is 2.25. The average molecular weight is 421 g/mol. The number of rotatable bonds is 5. The zero-order chi connectivity index (χ0) is 19.0. The van der Waals surface area contributed by atoms with Crippen molar-refractivity contribution in [2.24, 2.45) is 5.73 Å². The summed E-state index contributed by atoms with van der Waals surface area (Å²) in [6.45, 7) is 0. The molecule has 2 aromatic heterocycles. The third-order valence-corrected chi connectivity index (χ3v) is 6.75. The Hall–Kier alpha value is -2.03. The van der Waals surface area contributed by atoms with Gasteiger partial charge >= 0.3 is 0 Å². The van der Waals surface area contributed by atoms with E-state index in [1.165, 1.54) is 23.1 Å². The van der Waals surface area contributed by atoms with Gasteiger partial charge in [-0.25, -0.2) is 4.98 Å². The van der Waals surface area contributed by atoms with E-state index >= 15 is 0 Å². The molecule has 0 fully saturated rings. The number of carbonyl (C=O) groups is 2. The van der Waals surface area contributed by atoms with Crippen molar-refractivity contribution in [3.05, 3.63) is 39.2 Å². The summed E-state index contributed by atoms with van der Waals surface area (Å²) in [6, 6.07) is 5.40. The van der Waals surface area contributed by atoms with Crippen molar-refractivity contribution in [3.63, 3.8) is 0 Å². The quantitative estimate of drug-likeness (QED) is 0.543. The Labute approximate surface area is 168 Å². The van der Waals surface area contributed by atoms with Crippen LogP contribution in [0.25, 0.3) is 11.0 Å². The molecule has 2 heterocycles. The number of anilines is 1. The minimum absolute atomic E-state index is 0.175. The van der Waals surface area contributed by atoms with Gasteiger partial charge < -0.3 is 16.0 Å². The summed E-state index contributed by atoms with van der Waals surface area (Å²) in [6.07, 6.45) is 3.93. The number of thioether (sulfide) groups is 1. The van der Waals surface area contributed by atoms with E-state index in [-0.39, 0.29) is 11.7 Å². The zero-order valence-corrected chi connectivity index (χ0v) is 16.7. The summed E-state index contributed by atoms with van der Waals surface area (Å²) in [4.78, 5) is 33.0. The van der Waals surface area contributed by atoms with Crippen LogP contribution in [0, 0.1) is 0 Å². The molecule has 0 spiro atoms. The molecular formula is C18H17ClN4O2S2. The number of aryl methyl sites for hydroxylation is 1. The number of amides is 2. The second kappa shape index (κ2) is 7.53. The maximum absolute atomic E-state index is 12.4. The van der Waals surface area contributed by atoms with Crippen molar-refractivity contribution in [2.75, 3.05) is 11.1 Å². The third-order valence-electron chi connectivity index (χ3n) is 4.43. The van der Waals surface area contributed by atoms with Crippen LogP contribution in [0.4, 0.5) is 5.00 Å². The molecule has 0 radical (unpaired) electrons. The van der Waals surface area contributed by atoms with E-state index in [1.54, 1.807) is 12.1 Å². The van der Waals surface area contributed by atoms with E-state index in [9.17, 15) is 9.59 Å². The predicted octanol–water partition coefficient (Wildman–Crippen LogP) is 3.99. The van der Waals surface area contributed by atoms with Gasteiger partial charge in [-0.1, -0.05) is 23.4 Å². The minimum Gasteiger partial charge on any atom is -0.365 e. The van der Waals surface area contributed by atoms with Crippen LogP contribution in [-0.2, 0) is 17.6 Å². The van der Waals surface area contributed by atoms with Gasteiger partial charge in [0.1, 0.15) is 5.00 Å². The number of hydrogen-bond donors (Lipinski definition) is 3. The fourth-order valence-corrected chi connectivity index (χ4v) is 5.41. The van der Waals surface area contributed by atoms with Crippen molar-refractivity contribution in [3.8, 4) is 0 Å². The lowest BCUT2D eigenvalue weighted by atomic mass is 9.95. The number of fused-ring (bicyclic) bond motifs is 2. The van der Waals surface area contributed by atoms with Crippen LogP contribution in [0.15, 0.2) is 23.4 Å². The predicted molar refractivity (Wildman–Crippen MR) is 110 cm³/mol. The van der Waals surface area contributed by atoms with E-state index in [1.807, 2.05) is 6.07 Å². The molecule has 4 N–H and O–H groups in total. The van der Waals surface area contributed by atoms with Gasteiger partial charge in [0.05, 0.1) is 22.3 Å². The molecule has 0 saturated carbocycles. The molecule has 140 valence electrons. The van der Waals surface area contributed by atoms with Gasteiger partial charge in [-0.3, -0.25) is 9.59 Å². The second-order valence-corrected chi connectivity index (χ2v) is 8.83. The number of nitrogens with zero attached hydrogens (tertiary/aromatic N) is 1. The molecule has 1 aromatic carbocycles. The van der Waals surface area contributed by atoms with Gasteiger partial charge in [-0.2, -0.15) is 0 Å². The first-order valence-corrected chi connectivity index (χ1v) is 10.7. The Balaban J connectivity index is 1.46. The van der Waals surface area contributed by atoms with Crippen molar-refractivity contribution in [1.82, 2.24) is 9.97 Å². The molecule has 0 saturated heterocycles. The number of nitrogens with one attached hydrogen (secondary N) is 2. The van der Waals surface area contributed by atoms with E-state index in [4.69, 9.17) is 17.3 Å². The summed E-state index contributed by atoms with van der Waals surface area (Å²) >= 11 is 8.73. The van der Waals surface area contributed by atoms with Crippen LogP contribution < -0.4 is 11.1 Å². The normalized spacial score (nSPS) is 13.5. The van der Waals surface area contributed by atoms with Crippen molar-refractivity contribution in [1.29, 1.82) is 0 Å². The lowest BCUT2D eigenvalue weighted by molar-refractivity contribution is -0.113. The van der Waals surface area contributed by atoms with Crippen LogP contribution >= 0.6 is 34.7 Å². The van der Waals surface area contributed by atoms with E-state index < -0.39 is 5.91 Å². The number of thiophene rings is 1. The molecule has 27 heavy (non-hydrogen) atoms. The molecule has 3 aromatic rings. The summed E-state index contributed by atoms with van der Waals surface area (Å²) in [5.74, 6) is -0.500. The molecule has 6 nitrogen and oxygen atoms in total. The molecule has 1 aliphatic carbocycles. The molecule has 0 atom stereocenters. The van der Waals surface area contributed by atoms with Crippen LogP contribution in [0.1, 0.15) is 33.6 Å². The molecule has 4 rings (SSSR count). The number of aromatic nitrogens is 2. The number of halogens is 1. The zero-order valence-electron chi connectivity index (χ0n) is 14.3. The van der Waals surface area contributed by atoms with Crippen molar-refractivity contribution >= 4 is 62.5 Å². The molecule has 2 amide bonds. The third kappa shape index (κ3) is 3.83. The molecular weight excluding hydrogens is 404 g/mol. The summed E-state index contributed by atoms with van der Waals surface area (Å²) in [5, 5.41) is 4.69. The highest BCUT2D eigenvalue weighted by atomic mass is 35.5. The van der Waals surface area contributed by atoms with Gasteiger partial charge in [-0.05, 0) is 49.4 Å². The first kappa shape index (κ1) is 18.3. The summed E-state index contributed by atoms with van der Waals surface area (Å²) < 4.78 is 0. The maximum Gasteiger partial charge on any atom is 0.251 e. The fourth-order valence-electron chi connectivity index (χ4n) is 3.24. The van der Waals surface area contributed by atoms with Gasteiger partial charge in [0.15, 0.2) is 5.16 Å². The number of imidazole rings is 1.